The zero-order valence-electron chi connectivity index (χ0n) is 6.54. The molecule has 0 saturated carbocycles. The first-order valence-corrected chi connectivity index (χ1v) is 4.10. The van der Waals surface area contributed by atoms with Gasteiger partial charge in [0.15, 0.2) is 5.81 Å². The number of thiocarbonyl (C=S) groups is 1. The number of hydrogen-bond acceptors (Lipinski definition) is 3. The molecule has 4 nitrogen and oxygen atoms in total. The summed E-state index contributed by atoms with van der Waals surface area (Å²) in [6.07, 6.45) is 0.721. The fourth-order valence-corrected chi connectivity index (χ4v) is 1.53. The lowest BCUT2D eigenvalue weighted by Gasteiger charge is -2.08. The van der Waals surface area contributed by atoms with Crippen molar-refractivity contribution in [2.24, 2.45) is 5.73 Å². The van der Waals surface area contributed by atoms with Gasteiger partial charge in [0.1, 0.15) is 0 Å². The average Bonchev–Trinajstić information content (AvgIpc) is 2.31. The summed E-state index contributed by atoms with van der Waals surface area (Å²) in [4.78, 5) is 11.1. The highest BCUT2D eigenvalue weighted by Crippen LogP contribution is 2.07. The number of carbonyl (C=O) groups is 1. The lowest BCUT2D eigenvalue weighted by Crippen LogP contribution is -2.38. The van der Waals surface area contributed by atoms with Gasteiger partial charge in [-0.25, -0.2) is 0 Å². The Morgan fingerprint density at radius 1 is 1.92 bits per heavy atom. The molecular formula is C6H10BN3OS. The molecule has 2 unspecified atom stereocenters. The minimum absolute atomic E-state index is 0.147. The summed E-state index contributed by atoms with van der Waals surface area (Å²) in [5.41, 5.74) is 5.42. The van der Waals surface area contributed by atoms with Gasteiger partial charge in [0.2, 0.25) is 7.85 Å². The summed E-state index contributed by atoms with van der Waals surface area (Å²) in [6, 6.07) is 0.0143. The van der Waals surface area contributed by atoms with Crippen molar-refractivity contribution in [3.05, 3.63) is 0 Å². The van der Waals surface area contributed by atoms with Crippen molar-refractivity contribution < 1.29 is 4.79 Å². The van der Waals surface area contributed by atoms with Gasteiger partial charge >= 0.3 is 0 Å². The molecule has 4 N–H and O–H groups in total. The summed E-state index contributed by atoms with van der Waals surface area (Å²) in [6.45, 7) is 0.511. The quantitative estimate of drug-likeness (QED) is 0.374. The van der Waals surface area contributed by atoms with E-state index in [2.05, 4.69) is 10.6 Å². The number of hydrogen-bond donors (Lipinski definition) is 3. The smallest absolute Gasteiger partial charge is 0.200 e. The molecule has 1 fully saturated rings. The van der Waals surface area contributed by atoms with Gasteiger partial charge in [-0.1, -0.05) is 12.2 Å². The molecule has 1 rings (SSSR count). The number of amides is 1. The summed E-state index contributed by atoms with van der Waals surface area (Å²) in [7, 11) is 4.95. The molecule has 2 radical (unpaired) electrons. The lowest BCUT2D eigenvalue weighted by atomic mass is 10.1. The zero-order chi connectivity index (χ0) is 9.14. The van der Waals surface area contributed by atoms with E-state index in [-0.39, 0.29) is 12.1 Å². The summed E-state index contributed by atoms with van der Waals surface area (Å²) in [5.74, 6) is -0.554. The van der Waals surface area contributed by atoms with Gasteiger partial charge in [0.25, 0.3) is 0 Å². The van der Waals surface area contributed by atoms with E-state index in [0.29, 0.717) is 11.5 Å². The van der Waals surface area contributed by atoms with Crippen molar-refractivity contribution in [2.75, 3.05) is 6.54 Å². The van der Waals surface area contributed by atoms with E-state index < -0.39 is 5.81 Å². The molecule has 1 amide bonds. The lowest BCUT2D eigenvalue weighted by molar-refractivity contribution is 0.258. The van der Waals surface area contributed by atoms with E-state index in [1.54, 1.807) is 0 Å². The van der Waals surface area contributed by atoms with Crippen molar-refractivity contribution >= 4 is 30.9 Å². The molecule has 0 aromatic carbocycles. The van der Waals surface area contributed by atoms with Gasteiger partial charge in [0.05, 0.1) is 11.0 Å². The van der Waals surface area contributed by atoms with Crippen LogP contribution < -0.4 is 16.4 Å². The van der Waals surface area contributed by atoms with Crippen LogP contribution in [-0.4, -0.2) is 37.3 Å². The summed E-state index contributed by atoms with van der Waals surface area (Å²) in [5, 5.41) is 5.53. The summed E-state index contributed by atoms with van der Waals surface area (Å²) >= 11 is 4.97. The maximum atomic E-state index is 10.5. The van der Waals surface area contributed by atoms with E-state index in [1.165, 1.54) is 0 Å². The van der Waals surface area contributed by atoms with Crippen LogP contribution >= 0.6 is 12.2 Å². The van der Waals surface area contributed by atoms with E-state index in [9.17, 15) is 4.79 Å². The third-order valence-corrected chi connectivity index (χ3v) is 2.19. The predicted molar refractivity (Wildman–Crippen MR) is 51.3 cm³/mol. The normalized spacial score (nSPS) is 28.2. The minimum Gasteiger partial charge on any atom is -0.374 e. The van der Waals surface area contributed by atoms with Crippen LogP contribution in [0.1, 0.15) is 6.42 Å². The predicted octanol–water partition coefficient (Wildman–Crippen LogP) is -1.12. The van der Waals surface area contributed by atoms with Crippen LogP contribution in [0.5, 0.6) is 0 Å². The van der Waals surface area contributed by atoms with Crippen molar-refractivity contribution in [2.45, 2.75) is 18.5 Å². The highest BCUT2D eigenvalue weighted by atomic mass is 32.1. The third kappa shape index (κ3) is 2.18. The fourth-order valence-electron chi connectivity index (χ4n) is 1.20. The molecule has 1 heterocycles. The standard InChI is InChI=1S/C6H10BN3OS/c7-6(11)10-4-1-3(2-8)9-5(4)12/h3-4H,1-2,8H2,(H,9,12)(H,10,11). The Balaban J connectivity index is 2.46. The fraction of sp³-hybridized carbons (Fsp3) is 0.667. The van der Waals surface area contributed by atoms with E-state index in [4.69, 9.17) is 25.8 Å². The first-order chi connectivity index (χ1) is 5.63. The zero-order valence-corrected chi connectivity index (χ0v) is 7.36. The van der Waals surface area contributed by atoms with Gasteiger partial charge in [-0.15, -0.1) is 0 Å². The largest absolute Gasteiger partial charge is 0.374 e. The Kier molecular flexibility index (Phi) is 3.05. The molecule has 0 aromatic rings. The second-order valence-corrected chi connectivity index (χ2v) is 3.18. The Hall–Kier alpha value is -0.615. The van der Waals surface area contributed by atoms with E-state index >= 15 is 0 Å². The van der Waals surface area contributed by atoms with Crippen LogP contribution in [0.2, 0.25) is 0 Å². The Morgan fingerprint density at radius 2 is 2.58 bits per heavy atom. The molecule has 64 valence electrons. The van der Waals surface area contributed by atoms with Crippen molar-refractivity contribution in [3.63, 3.8) is 0 Å². The van der Waals surface area contributed by atoms with Crippen LogP contribution in [0.15, 0.2) is 0 Å². The van der Waals surface area contributed by atoms with Crippen LogP contribution in [-0.2, 0) is 0 Å². The molecule has 2 atom stereocenters. The van der Waals surface area contributed by atoms with Gasteiger partial charge < -0.3 is 16.4 Å². The van der Waals surface area contributed by atoms with Gasteiger partial charge in [-0.05, 0) is 6.42 Å². The van der Waals surface area contributed by atoms with Crippen LogP contribution in [0.25, 0.3) is 0 Å². The van der Waals surface area contributed by atoms with Crippen molar-refractivity contribution in [3.8, 4) is 0 Å². The molecule has 1 aliphatic rings. The molecule has 12 heavy (non-hydrogen) atoms. The van der Waals surface area contributed by atoms with Gasteiger partial charge in [-0.3, -0.25) is 4.79 Å². The number of nitrogens with two attached hydrogens (primary N) is 1. The van der Waals surface area contributed by atoms with Crippen LogP contribution in [0.3, 0.4) is 0 Å². The van der Waals surface area contributed by atoms with E-state index in [0.717, 1.165) is 6.42 Å². The summed E-state index contributed by atoms with van der Waals surface area (Å²) < 4.78 is 0. The average molecular weight is 183 g/mol. The Labute approximate surface area is 77.7 Å². The topological polar surface area (TPSA) is 67.2 Å². The number of nitrogens with one attached hydrogen (secondary N) is 2. The highest BCUT2D eigenvalue weighted by molar-refractivity contribution is 7.80. The molecule has 1 aliphatic heterocycles. The Bertz CT molecular complexity index is 211. The number of carbonyl (C=O) groups excluding carboxylic acids is 1. The van der Waals surface area contributed by atoms with Gasteiger partial charge in [-0.2, -0.15) is 0 Å². The molecule has 0 bridgehead atoms. The monoisotopic (exact) mass is 183 g/mol. The molecule has 6 heteroatoms. The third-order valence-electron chi connectivity index (χ3n) is 1.78. The molecule has 1 saturated heterocycles. The molecule has 0 spiro atoms. The van der Waals surface area contributed by atoms with Crippen molar-refractivity contribution in [1.29, 1.82) is 0 Å². The Morgan fingerprint density at radius 3 is 3.00 bits per heavy atom. The van der Waals surface area contributed by atoms with E-state index in [1.807, 2.05) is 0 Å². The maximum absolute atomic E-state index is 10.5. The second-order valence-electron chi connectivity index (χ2n) is 2.74. The van der Waals surface area contributed by atoms with Crippen molar-refractivity contribution in [1.82, 2.24) is 10.6 Å². The molecular weight excluding hydrogens is 173 g/mol. The van der Waals surface area contributed by atoms with Crippen LogP contribution in [0, 0.1) is 0 Å². The number of rotatable bonds is 2. The van der Waals surface area contributed by atoms with Gasteiger partial charge in [0, 0.05) is 12.6 Å². The first-order valence-electron chi connectivity index (χ1n) is 3.70. The highest BCUT2D eigenvalue weighted by Gasteiger charge is 2.27. The SMILES string of the molecule is [B]C(=O)NC1CC(CN)NC1=S. The second kappa shape index (κ2) is 3.86. The van der Waals surface area contributed by atoms with Crippen LogP contribution in [0.4, 0.5) is 4.79 Å². The minimum atomic E-state index is -0.554. The first kappa shape index (κ1) is 9.47. The maximum Gasteiger partial charge on any atom is 0.200 e. The molecule has 0 aliphatic carbocycles. The molecule has 0 aromatic heterocycles.